The standard InChI is InChI=1S/C20H24N4O/c1-12-11-23(4)19(21-12)18-6-5-9-24(18)20(25)15-7-8-17-16(10-15)13(2)14(3)22-17/h7-8,10-11,18,22H,5-6,9H2,1-4H3/t18-/m0/s1. The summed E-state index contributed by atoms with van der Waals surface area (Å²) in [6.45, 7) is 6.95. The lowest BCUT2D eigenvalue weighted by Crippen LogP contribution is -2.31. The van der Waals surface area contributed by atoms with E-state index < -0.39 is 0 Å². The molecule has 0 unspecified atom stereocenters. The van der Waals surface area contributed by atoms with E-state index in [2.05, 4.69) is 28.4 Å². The maximum absolute atomic E-state index is 13.2. The summed E-state index contributed by atoms with van der Waals surface area (Å²) in [5.41, 5.74) is 5.21. The van der Waals surface area contributed by atoms with Gasteiger partial charge in [-0.2, -0.15) is 0 Å². The van der Waals surface area contributed by atoms with Crippen LogP contribution in [0.3, 0.4) is 0 Å². The van der Waals surface area contributed by atoms with E-state index in [-0.39, 0.29) is 11.9 Å². The first-order valence-corrected chi connectivity index (χ1v) is 8.85. The van der Waals surface area contributed by atoms with Crippen LogP contribution in [0.1, 0.15) is 52.0 Å². The monoisotopic (exact) mass is 336 g/mol. The lowest BCUT2D eigenvalue weighted by atomic mass is 10.1. The Bertz CT molecular complexity index is 966. The lowest BCUT2D eigenvalue weighted by Gasteiger charge is -2.24. The molecule has 1 aliphatic heterocycles. The highest BCUT2D eigenvalue weighted by molar-refractivity contribution is 5.99. The fraction of sp³-hybridized carbons (Fsp3) is 0.400. The van der Waals surface area contributed by atoms with Crippen LogP contribution in [0.15, 0.2) is 24.4 Å². The van der Waals surface area contributed by atoms with Crippen LogP contribution in [0.4, 0.5) is 0 Å². The van der Waals surface area contributed by atoms with Crippen LogP contribution < -0.4 is 0 Å². The van der Waals surface area contributed by atoms with Gasteiger partial charge in [-0.25, -0.2) is 4.98 Å². The molecule has 5 nitrogen and oxygen atoms in total. The number of aromatic amines is 1. The average Bonchev–Trinajstić information content (AvgIpc) is 3.26. The molecule has 0 spiro atoms. The van der Waals surface area contributed by atoms with Gasteiger partial charge < -0.3 is 14.5 Å². The molecule has 4 rings (SSSR count). The second-order valence-corrected chi connectivity index (χ2v) is 7.14. The lowest BCUT2D eigenvalue weighted by molar-refractivity contribution is 0.0728. The van der Waals surface area contributed by atoms with E-state index in [1.54, 1.807) is 0 Å². The zero-order valence-corrected chi connectivity index (χ0v) is 15.3. The number of hydrogen-bond acceptors (Lipinski definition) is 2. The molecule has 5 heteroatoms. The molecule has 0 bridgehead atoms. The van der Waals surface area contributed by atoms with Crippen LogP contribution >= 0.6 is 0 Å². The average molecular weight is 336 g/mol. The Morgan fingerprint density at radius 1 is 1.28 bits per heavy atom. The van der Waals surface area contributed by atoms with Crippen molar-refractivity contribution in [1.29, 1.82) is 0 Å². The highest BCUT2D eigenvalue weighted by atomic mass is 16.2. The van der Waals surface area contributed by atoms with E-state index >= 15 is 0 Å². The van der Waals surface area contributed by atoms with Crippen LogP contribution in [0, 0.1) is 20.8 Å². The Balaban J connectivity index is 1.70. The van der Waals surface area contributed by atoms with Gasteiger partial charge >= 0.3 is 0 Å². The zero-order chi connectivity index (χ0) is 17.7. The number of likely N-dealkylation sites (tertiary alicyclic amines) is 1. The summed E-state index contributed by atoms with van der Waals surface area (Å²) < 4.78 is 2.05. The normalized spacial score (nSPS) is 17.6. The van der Waals surface area contributed by atoms with E-state index in [0.29, 0.717) is 0 Å². The van der Waals surface area contributed by atoms with E-state index in [0.717, 1.165) is 53.1 Å². The maximum atomic E-state index is 13.2. The Kier molecular flexibility index (Phi) is 3.67. The van der Waals surface area contributed by atoms with E-state index in [1.807, 2.05) is 43.3 Å². The summed E-state index contributed by atoms with van der Waals surface area (Å²) in [6, 6.07) is 6.03. The van der Waals surface area contributed by atoms with Crippen LogP contribution in [0.25, 0.3) is 10.9 Å². The first-order valence-electron chi connectivity index (χ1n) is 8.85. The van der Waals surface area contributed by atoms with Gasteiger partial charge in [0.15, 0.2) is 0 Å². The van der Waals surface area contributed by atoms with Gasteiger partial charge in [0.05, 0.1) is 11.7 Å². The van der Waals surface area contributed by atoms with Crippen molar-refractivity contribution in [1.82, 2.24) is 19.4 Å². The molecule has 1 aliphatic rings. The molecule has 1 atom stereocenters. The van der Waals surface area contributed by atoms with E-state index in [1.165, 1.54) is 5.56 Å². The molecule has 0 aliphatic carbocycles. The molecular weight excluding hydrogens is 312 g/mol. The molecule has 3 aromatic rings. The number of carbonyl (C=O) groups excluding carboxylic acids is 1. The van der Waals surface area contributed by atoms with Crippen LogP contribution in [0.5, 0.6) is 0 Å². The molecule has 3 heterocycles. The number of amides is 1. The summed E-state index contributed by atoms with van der Waals surface area (Å²) in [5, 5.41) is 1.13. The third-order valence-electron chi connectivity index (χ3n) is 5.40. The van der Waals surface area contributed by atoms with Crippen LogP contribution in [-0.4, -0.2) is 31.9 Å². The van der Waals surface area contributed by atoms with Crippen molar-refractivity contribution in [3.05, 3.63) is 52.7 Å². The topological polar surface area (TPSA) is 53.9 Å². The zero-order valence-electron chi connectivity index (χ0n) is 15.3. The predicted octanol–water partition coefficient (Wildman–Crippen LogP) is 3.80. The van der Waals surface area contributed by atoms with Gasteiger partial charge in [-0.1, -0.05) is 0 Å². The molecule has 130 valence electrons. The van der Waals surface area contributed by atoms with Gasteiger partial charge in [0.2, 0.25) is 0 Å². The van der Waals surface area contributed by atoms with Crippen molar-refractivity contribution in [3.8, 4) is 0 Å². The third-order valence-corrected chi connectivity index (χ3v) is 5.40. The number of hydrogen-bond donors (Lipinski definition) is 1. The summed E-state index contributed by atoms with van der Waals surface area (Å²) >= 11 is 0. The Morgan fingerprint density at radius 3 is 2.80 bits per heavy atom. The van der Waals surface area contributed by atoms with Gasteiger partial charge in [-0.15, -0.1) is 0 Å². The quantitative estimate of drug-likeness (QED) is 0.774. The van der Waals surface area contributed by atoms with Crippen molar-refractivity contribution < 1.29 is 4.79 Å². The number of nitrogens with one attached hydrogen (secondary N) is 1. The van der Waals surface area contributed by atoms with Gasteiger partial charge in [-0.3, -0.25) is 4.79 Å². The van der Waals surface area contributed by atoms with Crippen molar-refractivity contribution in [3.63, 3.8) is 0 Å². The van der Waals surface area contributed by atoms with Crippen molar-refractivity contribution in [2.45, 2.75) is 39.7 Å². The third kappa shape index (κ3) is 2.54. The van der Waals surface area contributed by atoms with Gasteiger partial charge in [-0.05, 0) is 57.4 Å². The van der Waals surface area contributed by atoms with Crippen molar-refractivity contribution in [2.75, 3.05) is 6.54 Å². The van der Waals surface area contributed by atoms with Crippen LogP contribution in [-0.2, 0) is 7.05 Å². The van der Waals surface area contributed by atoms with E-state index in [9.17, 15) is 4.79 Å². The maximum Gasteiger partial charge on any atom is 0.254 e. The summed E-state index contributed by atoms with van der Waals surface area (Å²) in [6.07, 6.45) is 4.02. The molecule has 2 aromatic heterocycles. The number of carbonyl (C=O) groups is 1. The number of benzene rings is 1. The summed E-state index contributed by atoms with van der Waals surface area (Å²) in [5.74, 6) is 1.08. The highest BCUT2D eigenvalue weighted by Crippen LogP contribution is 2.33. The van der Waals surface area contributed by atoms with Gasteiger partial charge in [0, 0.05) is 41.9 Å². The minimum absolute atomic E-state index is 0.0657. The smallest absolute Gasteiger partial charge is 0.254 e. The van der Waals surface area contributed by atoms with Crippen LogP contribution in [0.2, 0.25) is 0 Å². The highest BCUT2D eigenvalue weighted by Gasteiger charge is 2.33. The second kappa shape index (κ2) is 5.76. The van der Waals surface area contributed by atoms with Gasteiger partial charge in [0.25, 0.3) is 5.91 Å². The fourth-order valence-electron chi connectivity index (χ4n) is 3.98. The number of aromatic nitrogens is 3. The number of fused-ring (bicyclic) bond motifs is 1. The molecule has 25 heavy (non-hydrogen) atoms. The second-order valence-electron chi connectivity index (χ2n) is 7.14. The predicted molar refractivity (Wildman–Crippen MR) is 98.7 cm³/mol. The SMILES string of the molecule is Cc1cn(C)c([C@@H]2CCCN2C(=O)c2ccc3[nH]c(C)c(C)c3c2)n1. The van der Waals surface area contributed by atoms with Gasteiger partial charge in [0.1, 0.15) is 5.82 Å². The number of rotatable bonds is 2. The molecular formula is C20H24N4O. The van der Waals surface area contributed by atoms with Crippen molar-refractivity contribution >= 4 is 16.8 Å². The number of H-pyrrole nitrogens is 1. The Morgan fingerprint density at radius 2 is 2.08 bits per heavy atom. The minimum atomic E-state index is 0.0657. The fourth-order valence-corrected chi connectivity index (χ4v) is 3.98. The number of nitrogens with zero attached hydrogens (tertiary/aromatic N) is 3. The number of imidazole rings is 1. The molecule has 1 fully saturated rings. The Labute approximate surface area is 147 Å². The number of aryl methyl sites for hydroxylation is 4. The minimum Gasteiger partial charge on any atom is -0.358 e. The molecule has 0 radical (unpaired) electrons. The first-order chi connectivity index (χ1) is 12.0. The molecule has 1 N–H and O–H groups in total. The largest absolute Gasteiger partial charge is 0.358 e. The summed E-state index contributed by atoms with van der Waals surface area (Å²) in [7, 11) is 2.01. The Hall–Kier alpha value is -2.56. The van der Waals surface area contributed by atoms with Crippen molar-refractivity contribution in [2.24, 2.45) is 7.05 Å². The molecule has 1 amide bonds. The summed E-state index contributed by atoms with van der Waals surface area (Å²) in [4.78, 5) is 23.2. The molecule has 1 saturated heterocycles. The molecule has 0 saturated carbocycles. The first kappa shape index (κ1) is 15.9. The van der Waals surface area contributed by atoms with E-state index in [4.69, 9.17) is 0 Å². The molecule has 1 aromatic carbocycles.